The van der Waals surface area contributed by atoms with Gasteiger partial charge >= 0.3 is 5.97 Å². The van der Waals surface area contributed by atoms with Gasteiger partial charge in [-0.3, -0.25) is 9.59 Å². The Morgan fingerprint density at radius 3 is 2.78 bits per heavy atom. The number of rotatable bonds is 6. The SMILES string of the molecule is C[C@@H](NC(=O)CSCC(=O)O)c1cccc(Cl)c1. The summed E-state index contributed by atoms with van der Waals surface area (Å²) in [6.45, 7) is 1.85. The minimum atomic E-state index is -0.921. The minimum Gasteiger partial charge on any atom is -0.481 e. The first kappa shape index (κ1) is 14.9. The van der Waals surface area contributed by atoms with E-state index >= 15 is 0 Å². The zero-order valence-corrected chi connectivity index (χ0v) is 11.4. The van der Waals surface area contributed by atoms with Crippen LogP contribution in [-0.4, -0.2) is 28.5 Å². The molecule has 0 aromatic heterocycles. The summed E-state index contributed by atoms with van der Waals surface area (Å²) in [7, 11) is 0. The molecule has 0 heterocycles. The number of carboxylic acids is 1. The molecule has 0 aliphatic rings. The molecule has 18 heavy (non-hydrogen) atoms. The van der Waals surface area contributed by atoms with Gasteiger partial charge in [0.25, 0.3) is 0 Å². The third-order valence-corrected chi connectivity index (χ3v) is 3.34. The van der Waals surface area contributed by atoms with E-state index in [9.17, 15) is 9.59 Å². The summed E-state index contributed by atoms with van der Waals surface area (Å²) >= 11 is 6.93. The highest BCUT2D eigenvalue weighted by atomic mass is 35.5. The third-order valence-electron chi connectivity index (χ3n) is 2.18. The Bertz CT molecular complexity index is 439. The predicted octanol–water partition coefficient (Wildman–Crippen LogP) is 2.33. The molecule has 1 rings (SSSR count). The Morgan fingerprint density at radius 2 is 2.17 bits per heavy atom. The molecule has 2 N–H and O–H groups in total. The van der Waals surface area contributed by atoms with Crippen LogP contribution in [0.3, 0.4) is 0 Å². The molecule has 0 bridgehead atoms. The minimum absolute atomic E-state index is 0.0705. The Balaban J connectivity index is 2.42. The number of aliphatic carboxylic acids is 1. The second kappa shape index (κ2) is 7.28. The van der Waals surface area contributed by atoms with Gasteiger partial charge in [0.15, 0.2) is 0 Å². The fourth-order valence-electron chi connectivity index (χ4n) is 1.37. The largest absolute Gasteiger partial charge is 0.481 e. The van der Waals surface area contributed by atoms with E-state index in [-0.39, 0.29) is 23.5 Å². The summed E-state index contributed by atoms with van der Waals surface area (Å²) in [6, 6.07) is 7.10. The molecule has 0 fully saturated rings. The van der Waals surface area contributed by atoms with Gasteiger partial charge < -0.3 is 10.4 Å². The van der Waals surface area contributed by atoms with Crippen molar-refractivity contribution in [2.45, 2.75) is 13.0 Å². The normalized spacial score (nSPS) is 11.9. The Labute approximate surface area is 115 Å². The lowest BCUT2D eigenvalue weighted by atomic mass is 10.1. The molecule has 0 spiro atoms. The van der Waals surface area contributed by atoms with Crippen molar-refractivity contribution in [3.63, 3.8) is 0 Å². The molecule has 0 saturated carbocycles. The topological polar surface area (TPSA) is 66.4 Å². The number of carbonyl (C=O) groups excluding carboxylic acids is 1. The van der Waals surface area contributed by atoms with E-state index in [2.05, 4.69) is 5.32 Å². The van der Waals surface area contributed by atoms with E-state index in [1.165, 1.54) is 0 Å². The number of halogens is 1. The van der Waals surface area contributed by atoms with Crippen LogP contribution in [-0.2, 0) is 9.59 Å². The molecule has 0 saturated heterocycles. The van der Waals surface area contributed by atoms with Gasteiger partial charge in [-0.15, -0.1) is 11.8 Å². The molecule has 4 nitrogen and oxygen atoms in total. The molecule has 1 aromatic rings. The first-order valence-corrected chi connectivity index (χ1v) is 6.86. The summed E-state index contributed by atoms with van der Waals surface area (Å²) in [6.07, 6.45) is 0. The van der Waals surface area contributed by atoms with Crippen LogP contribution >= 0.6 is 23.4 Å². The third kappa shape index (κ3) is 5.42. The maximum absolute atomic E-state index is 11.5. The van der Waals surface area contributed by atoms with Gasteiger partial charge in [0.1, 0.15) is 0 Å². The Kier molecular flexibility index (Phi) is 6.01. The second-order valence-corrected chi connectivity index (χ2v) is 5.15. The van der Waals surface area contributed by atoms with Crippen molar-refractivity contribution < 1.29 is 14.7 Å². The van der Waals surface area contributed by atoms with Crippen LogP contribution in [0.25, 0.3) is 0 Å². The highest BCUT2D eigenvalue weighted by Gasteiger charge is 2.10. The summed E-state index contributed by atoms with van der Waals surface area (Å²) < 4.78 is 0. The van der Waals surface area contributed by atoms with Gasteiger partial charge in [0, 0.05) is 5.02 Å². The molecule has 98 valence electrons. The van der Waals surface area contributed by atoms with Gasteiger partial charge in [0.2, 0.25) is 5.91 Å². The fourth-order valence-corrected chi connectivity index (χ4v) is 2.12. The summed E-state index contributed by atoms with van der Waals surface area (Å²) in [5.74, 6) is -1.04. The molecule has 1 amide bonds. The summed E-state index contributed by atoms with van der Waals surface area (Å²) in [5, 5.41) is 11.9. The van der Waals surface area contributed by atoms with Crippen LogP contribution in [0, 0.1) is 0 Å². The van der Waals surface area contributed by atoms with E-state index in [1.54, 1.807) is 12.1 Å². The number of hydrogen-bond acceptors (Lipinski definition) is 3. The molecule has 0 unspecified atom stereocenters. The maximum atomic E-state index is 11.5. The van der Waals surface area contributed by atoms with Crippen molar-refractivity contribution in [2.24, 2.45) is 0 Å². The van der Waals surface area contributed by atoms with Crippen LogP contribution in [0.15, 0.2) is 24.3 Å². The second-order valence-electron chi connectivity index (χ2n) is 3.73. The highest BCUT2D eigenvalue weighted by molar-refractivity contribution is 8.00. The van der Waals surface area contributed by atoms with E-state index in [0.717, 1.165) is 17.3 Å². The number of hydrogen-bond donors (Lipinski definition) is 2. The van der Waals surface area contributed by atoms with Gasteiger partial charge in [-0.2, -0.15) is 0 Å². The van der Waals surface area contributed by atoms with Gasteiger partial charge in [-0.1, -0.05) is 23.7 Å². The van der Waals surface area contributed by atoms with Crippen molar-refractivity contribution >= 4 is 35.2 Å². The van der Waals surface area contributed by atoms with E-state index < -0.39 is 5.97 Å². The van der Waals surface area contributed by atoms with Gasteiger partial charge in [-0.05, 0) is 24.6 Å². The monoisotopic (exact) mass is 287 g/mol. The van der Waals surface area contributed by atoms with Crippen molar-refractivity contribution in [1.29, 1.82) is 0 Å². The Morgan fingerprint density at radius 1 is 1.44 bits per heavy atom. The zero-order valence-electron chi connectivity index (χ0n) is 9.85. The molecule has 0 aliphatic heterocycles. The Hall–Kier alpha value is -1.20. The van der Waals surface area contributed by atoms with Crippen molar-refractivity contribution in [2.75, 3.05) is 11.5 Å². The highest BCUT2D eigenvalue weighted by Crippen LogP contribution is 2.17. The van der Waals surface area contributed by atoms with E-state index in [1.807, 2.05) is 19.1 Å². The van der Waals surface area contributed by atoms with Crippen LogP contribution in [0.4, 0.5) is 0 Å². The molecular weight excluding hydrogens is 274 g/mol. The number of thioether (sulfide) groups is 1. The van der Waals surface area contributed by atoms with Crippen molar-refractivity contribution in [1.82, 2.24) is 5.32 Å². The predicted molar refractivity (Wildman–Crippen MR) is 73.0 cm³/mol. The quantitative estimate of drug-likeness (QED) is 0.843. The smallest absolute Gasteiger partial charge is 0.313 e. The van der Waals surface area contributed by atoms with Crippen LogP contribution in [0.2, 0.25) is 5.02 Å². The maximum Gasteiger partial charge on any atom is 0.313 e. The van der Waals surface area contributed by atoms with Gasteiger partial charge in [0.05, 0.1) is 17.5 Å². The average Bonchev–Trinajstić information content (AvgIpc) is 2.28. The zero-order chi connectivity index (χ0) is 13.5. The molecule has 1 aromatic carbocycles. The summed E-state index contributed by atoms with van der Waals surface area (Å²) in [5.41, 5.74) is 0.916. The van der Waals surface area contributed by atoms with Crippen molar-refractivity contribution in [3.8, 4) is 0 Å². The summed E-state index contributed by atoms with van der Waals surface area (Å²) in [4.78, 5) is 21.8. The lowest BCUT2D eigenvalue weighted by Gasteiger charge is -2.14. The van der Waals surface area contributed by atoms with Crippen LogP contribution < -0.4 is 5.32 Å². The lowest BCUT2D eigenvalue weighted by Crippen LogP contribution is -2.28. The van der Waals surface area contributed by atoms with Crippen molar-refractivity contribution in [3.05, 3.63) is 34.9 Å². The van der Waals surface area contributed by atoms with Gasteiger partial charge in [-0.25, -0.2) is 0 Å². The average molecular weight is 288 g/mol. The van der Waals surface area contributed by atoms with Crippen LogP contribution in [0.5, 0.6) is 0 Å². The first-order valence-electron chi connectivity index (χ1n) is 5.33. The molecule has 0 aliphatic carbocycles. The van der Waals surface area contributed by atoms with E-state index in [4.69, 9.17) is 16.7 Å². The number of carboxylic acid groups (broad SMARTS) is 1. The molecular formula is C12H14ClNO3S. The number of nitrogens with one attached hydrogen (secondary N) is 1. The van der Waals surface area contributed by atoms with Crippen LogP contribution in [0.1, 0.15) is 18.5 Å². The van der Waals surface area contributed by atoms with E-state index in [0.29, 0.717) is 5.02 Å². The molecule has 6 heteroatoms. The number of carbonyl (C=O) groups is 2. The first-order chi connectivity index (χ1) is 8.49. The molecule has 0 radical (unpaired) electrons. The standard InChI is InChI=1S/C12H14ClNO3S/c1-8(9-3-2-4-10(13)5-9)14-11(15)6-18-7-12(16)17/h2-5,8H,6-7H2,1H3,(H,14,15)(H,16,17)/t8-/m1/s1. The lowest BCUT2D eigenvalue weighted by molar-refractivity contribution is -0.133. The molecule has 1 atom stereocenters. The number of benzene rings is 1. The number of amides is 1. The fraction of sp³-hybridized carbons (Fsp3) is 0.333.